The summed E-state index contributed by atoms with van der Waals surface area (Å²) in [6.45, 7) is 0. The van der Waals surface area contributed by atoms with Crippen LogP contribution in [0.25, 0.3) is 16.9 Å². The summed E-state index contributed by atoms with van der Waals surface area (Å²) >= 11 is 0. The smallest absolute Gasteiger partial charge is 0.313 e. The van der Waals surface area contributed by atoms with Crippen molar-refractivity contribution in [3.63, 3.8) is 0 Å². The molecule has 0 aromatic carbocycles. The zero-order valence-electron chi connectivity index (χ0n) is 12.0. The quantitative estimate of drug-likeness (QED) is 0.752. The molecule has 0 amide bonds. The van der Waals surface area contributed by atoms with Gasteiger partial charge in [-0.15, -0.1) is 0 Å². The van der Waals surface area contributed by atoms with Crippen LogP contribution in [-0.4, -0.2) is 31.0 Å². The van der Waals surface area contributed by atoms with Gasteiger partial charge in [0.15, 0.2) is 5.65 Å². The Balaban J connectivity index is 1.93. The first kappa shape index (κ1) is 14.7. The third-order valence-corrected chi connectivity index (χ3v) is 4.11. The number of halogens is 3. The Hall–Kier alpha value is -2.91. The Morgan fingerprint density at radius 3 is 2.79 bits per heavy atom. The molecule has 0 saturated heterocycles. The average Bonchev–Trinajstić information content (AvgIpc) is 3.25. The van der Waals surface area contributed by atoms with Crippen LogP contribution in [0, 0.1) is 11.9 Å². The van der Waals surface area contributed by atoms with Crippen LogP contribution in [0.1, 0.15) is 17.9 Å². The van der Waals surface area contributed by atoms with Crippen LogP contribution in [0.4, 0.5) is 13.2 Å². The molecule has 0 bridgehead atoms. The summed E-state index contributed by atoms with van der Waals surface area (Å²) in [5.74, 6) is -2.07. The summed E-state index contributed by atoms with van der Waals surface area (Å²) in [6, 6.07) is 1.44. The van der Waals surface area contributed by atoms with E-state index >= 15 is 0 Å². The van der Waals surface area contributed by atoms with Crippen molar-refractivity contribution in [1.82, 2.24) is 24.6 Å². The fourth-order valence-electron chi connectivity index (χ4n) is 2.82. The minimum absolute atomic E-state index is 0.0000898. The number of H-pyrrole nitrogens is 2. The Labute approximate surface area is 131 Å². The summed E-state index contributed by atoms with van der Waals surface area (Å²) in [5.41, 5.74) is -0.797. The normalized spacial score (nSPS) is 20.0. The molecule has 2 atom stereocenters. The van der Waals surface area contributed by atoms with Gasteiger partial charge in [-0.05, 0) is 18.4 Å². The van der Waals surface area contributed by atoms with Crippen molar-refractivity contribution in [2.75, 3.05) is 0 Å². The molecule has 10 heteroatoms. The molecule has 1 aliphatic rings. The SMILES string of the molecule is O=c1[nH]cc(-c2cc([C@H]3C[C@@H]3C(F)F)c3ncc(F)n3n2)c(=O)[nH]1. The van der Waals surface area contributed by atoms with Gasteiger partial charge in [-0.2, -0.15) is 14.0 Å². The molecule has 124 valence electrons. The van der Waals surface area contributed by atoms with Crippen LogP contribution in [0.3, 0.4) is 0 Å². The molecule has 0 unspecified atom stereocenters. The van der Waals surface area contributed by atoms with E-state index in [2.05, 4.69) is 15.1 Å². The number of fused-ring (bicyclic) bond motifs is 1. The molecule has 7 nitrogen and oxygen atoms in total. The lowest BCUT2D eigenvalue weighted by molar-refractivity contribution is 0.120. The van der Waals surface area contributed by atoms with Crippen molar-refractivity contribution < 1.29 is 13.2 Å². The molecule has 3 heterocycles. The van der Waals surface area contributed by atoms with E-state index in [-0.39, 0.29) is 23.3 Å². The summed E-state index contributed by atoms with van der Waals surface area (Å²) in [4.78, 5) is 31.2. The van der Waals surface area contributed by atoms with Gasteiger partial charge in [0, 0.05) is 17.7 Å². The standard InChI is InChI=1S/C14H10F3N5O2/c15-10-4-18-12-7(5-1-6(5)11(16)17)2-9(21-22(10)12)8-3-19-14(24)20-13(8)23/h2-6,11H,1H2,(H2,19,20,23,24)/t5-,6-/m0/s1. The lowest BCUT2D eigenvalue weighted by Crippen LogP contribution is -2.23. The van der Waals surface area contributed by atoms with Crippen LogP contribution in [0.5, 0.6) is 0 Å². The second-order valence-corrected chi connectivity index (χ2v) is 5.63. The molecule has 0 radical (unpaired) electrons. The maximum Gasteiger partial charge on any atom is 0.325 e. The Morgan fingerprint density at radius 1 is 1.33 bits per heavy atom. The molecule has 2 N–H and O–H groups in total. The number of aromatic amines is 2. The van der Waals surface area contributed by atoms with Crippen molar-refractivity contribution in [1.29, 1.82) is 0 Å². The van der Waals surface area contributed by atoms with Crippen molar-refractivity contribution >= 4 is 5.65 Å². The minimum Gasteiger partial charge on any atom is -0.313 e. The maximum absolute atomic E-state index is 13.9. The van der Waals surface area contributed by atoms with E-state index in [0.29, 0.717) is 5.56 Å². The Morgan fingerprint density at radius 2 is 2.12 bits per heavy atom. The zero-order chi connectivity index (χ0) is 17.0. The highest BCUT2D eigenvalue weighted by Gasteiger charge is 2.46. The zero-order valence-corrected chi connectivity index (χ0v) is 12.0. The van der Waals surface area contributed by atoms with E-state index in [0.717, 1.165) is 16.9 Å². The molecule has 1 fully saturated rings. The minimum atomic E-state index is -2.48. The molecule has 3 aromatic rings. The molecular weight excluding hydrogens is 327 g/mol. The molecule has 1 aliphatic carbocycles. The second kappa shape index (κ2) is 5.05. The fourth-order valence-corrected chi connectivity index (χ4v) is 2.82. The van der Waals surface area contributed by atoms with E-state index < -0.39 is 35.5 Å². The Bertz CT molecular complexity index is 1050. The van der Waals surface area contributed by atoms with Crippen molar-refractivity contribution in [2.24, 2.45) is 5.92 Å². The van der Waals surface area contributed by atoms with E-state index in [9.17, 15) is 22.8 Å². The lowest BCUT2D eigenvalue weighted by Gasteiger charge is -2.07. The van der Waals surface area contributed by atoms with Crippen LogP contribution in [-0.2, 0) is 0 Å². The number of nitrogens with one attached hydrogen (secondary N) is 2. The van der Waals surface area contributed by atoms with E-state index in [1.54, 1.807) is 0 Å². The molecule has 1 saturated carbocycles. The predicted molar refractivity (Wildman–Crippen MR) is 76.5 cm³/mol. The number of imidazole rings is 1. The second-order valence-electron chi connectivity index (χ2n) is 5.63. The Kier molecular flexibility index (Phi) is 3.08. The molecular formula is C14H10F3N5O2. The third kappa shape index (κ3) is 2.22. The van der Waals surface area contributed by atoms with Gasteiger partial charge in [-0.3, -0.25) is 9.78 Å². The number of aromatic nitrogens is 5. The van der Waals surface area contributed by atoms with Crippen LogP contribution >= 0.6 is 0 Å². The number of alkyl halides is 2. The van der Waals surface area contributed by atoms with Crippen molar-refractivity contribution in [2.45, 2.75) is 18.8 Å². The molecule has 3 aromatic heterocycles. The number of rotatable bonds is 3. The van der Waals surface area contributed by atoms with Gasteiger partial charge in [0.2, 0.25) is 12.4 Å². The third-order valence-electron chi connectivity index (χ3n) is 4.11. The van der Waals surface area contributed by atoms with Gasteiger partial charge < -0.3 is 4.98 Å². The first-order valence-electron chi connectivity index (χ1n) is 7.10. The largest absolute Gasteiger partial charge is 0.325 e. The monoisotopic (exact) mass is 337 g/mol. The van der Waals surface area contributed by atoms with Crippen molar-refractivity contribution in [3.8, 4) is 11.3 Å². The maximum atomic E-state index is 13.9. The highest BCUT2D eigenvalue weighted by Crippen LogP contribution is 2.52. The fraction of sp³-hybridized carbons (Fsp3) is 0.286. The summed E-state index contributed by atoms with van der Waals surface area (Å²) in [7, 11) is 0. The first-order valence-corrected chi connectivity index (χ1v) is 7.10. The number of hydrogen-bond donors (Lipinski definition) is 2. The van der Waals surface area contributed by atoms with Crippen LogP contribution in [0.2, 0.25) is 0 Å². The molecule has 24 heavy (non-hydrogen) atoms. The van der Waals surface area contributed by atoms with Gasteiger partial charge in [-0.1, -0.05) is 0 Å². The summed E-state index contributed by atoms with van der Waals surface area (Å²) in [6.07, 6.45) is -0.145. The van der Waals surface area contributed by atoms with Gasteiger partial charge in [0.25, 0.3) is 5.56 Å². The van der Waals surface area contributed by atoms with E-state index in [4.69, 9.17) is 0 Å². The van der Waals surface area contributed by atoms with Crippen molar-refractivity contribution in [3.05, 3.63) is 50.8 Å². The van der Waals surface area contributed by atoms with Gasteiger partial charge >= 0.3 is 5.69 Å². The number of nitrogens with zero attached hydrogens (tertiary/aromatic N) is 3. The van der Waals surface area contributed by atoms with Crippen LogP contribution in [0.15, 0.2) is 28.0 Å². The van der Waals surface area contributed by atoms with Gasteiger partial charge in [0.05, 0.1) is 17.5 Å². The van der Waals surface area contributed by atoms with Gasteiger partial charge in [-0.25, -0.2) is 18.6 Å². The lowest BCUT2D eigenvalue weighted by atomic mass is 10.1. The van der Waals surface area contributed by atoms with Gasteiger partial charge in [0.1, 0.15) is 0 Å². The van der Waals surface area contributed by atoms with E-state index in [1.165, 1.54) is 6.07 Å². The molecule has 0 spiro atoms. The van der Waals surface area contributed by atoms with E-state index in [1.807, 2.05) is 4.98 Å². The summed E-state index contributed by atoms with van der Waals surface area (Å²) in [5, 5.41) is 3.99. The van der Waals surface area contributed by atoms with Crippen LogP contribution < -0.4 is 11.2 Å². The highest BCUT2D eigenvalue weighted by molar-refractivity contribution is 5.63. The first-order chi connectivity index (χ1) is 11.5. The molecule has 0 aliphatic heterocycles. The number of hydrogen-bond acceptors (Lipinski definition) is 4. The predicted octanol–water partition coefficient (Wildman–Crippen LogP) is 1.28. The molecule has 4 rings (SSSR count). The summed E-state index contributed by atoms with van der Waals surface area (Å²) < 4.78 is 40.5. The average molecular weight is 337 g/mol. The topological polar surface area (TPSA) is 95.9 Å². The highest BCUT2D eigenvalue weighted by atomic mass is 19.3.